The van der Waals surface area contributed by atoms with Crippen LogP contribution in [0.15, 0.2) is 0 Å². The van der Waals surface area contributed by atoms with E-state index in [9.17, 15) is 4.79 Å². The number of fused-ring (bicyclic) bond motifs is 2. The Morgan fingerprint density at radius 3 is 2.50 bits per heavy atom. The summed E-state index contributed by atoms with van der Waals surface area (Å²) < 4.78 is 1.93. The summed E-state index contributed by atoms with van der Waals surface area (Å²) in [4.78, 5) is 15.2. The van der Waals surface area contributed by atoms with Crippen LogP contribution in [0.4, 0.5) is 0 Å². The van der Waals surface area contributed by atoms with Crippen LogP contribution in [0.25, 0.3) is 0 Å². The Kier molecular flexibility index (Phi) is 4.33. The maximum atomic E-state index is 12.7. The molecule has 1 amide bonds. The Labute approximate surface area is 144 Å². The fourth-order valence-electron chi connectivity index (χ4n) is 4.96. The summed E-state index contributed by atoms with van der Waals surface area (Å²) in [7, 11) is 2.22. The number of hydrogen-bond donors (Lipinski definition) is 1. The van der Waals surface area contributed by atoms with Crippen LogP contribution >= 0.6 is 0 Å². The topological polar surface area (TPSA) is 63.1 Å². The van der Waals surface area contributed by atoms with Gasteiger partial charge in [0.15, 0.2) is 5.69 Å². The zero-order valence-corrected chi connectivity index (χ0v) is 14.9. The standard InChI is InChI=1S/C18H29N5O/c1-12-17(20-21-23(12)11-13-5-3-4-6-13)18(24)19-14-9-15-7-8-16(10-14)22(15)2/h13-16H,3-11H2,1-2H3,(H,19,24). The first-order valence-electron chi connectivity index (χ1n) is 9.54. The van der Waals surface area contributed by atoms with E-state index < -0.39 is 0 Å². The van der Waals surface area contributed by atoms with Crippen molar-refractivity contribution in [2.75, 3.05) is 7.05 Å². The van der Waals surface area contributed by atoms with E-state index in [-0.39, 0.29) is 11.9 Å². The molecule has 1 saturated carbocycles. The molecule has 3 fully saturated rings. The second-order valence-corrected chi connectivity index (χ2v) is 8.05. The SMILES string of the molecule is Cc1c(C(=O)NC2CC3CCC(C2)N3C)nnn1CC1CCCC1. The van der Waals surface area contributed by atoms with Gasteiger partial charge in [0.2, 0.25) is 0 Å². The first-order chi connectivity index (χ1) is 11.6. The third kappa shape index (κ3) is 2.96. The average Bonchev–Trinajstić information content (AvgIpc) is 3.23. The minimum Gasteiger partial charge on any atom is -0.348 e. The van der Waals surface area contributed by atoms with Crippen molar-refractivity contribution < 1.29 is 4.79 Å². The van der Waals surface area contributed by atoms with E-state index in [4.69, 9.17) is 0 Å². The number of carbonyl (C=O) groups is 1. The summed E-state index contributed by atoms with van der Waals surface area (Å²) >= 11 is 0. The van der Waals surface area contributed by atoms with Crippen LogP contribution in [0.1, 0.15) is 67.5 Å². The molecule has 1 N–H and O–H groups in total. The molecule has 132 valence electrons. The molecule has 1 aliphatic carbocycles. The fraction of sp³-hybridized carbons (Fsp3) is 0.833. The third-order valence-corrected chi connectivity index (χ3v) is 6.54. The smallest absolute Gasteiger partial charge is 0.273 e. The molecule has 6 nitrogen and oxygen atoms in total. The third-order valence-electron chi connectivity index (χ3n) is 6.54. The van der Waals surface area contributed by atoms with Gasteiger partial charge >= 0.3 is 0 Å². The highest BCUT2D eigenvalue weighted by molar-refractivity contribution is 5.93. The quantitative estimate of drug-likeness (QED) is 0.918. The van der Waals surface area contributed by atoms with Gasteiger partial charge < -0.3 is 10.2 Å². The van der Waals surface area contributed by atoms with E-state index in [0.29, 0.717) is 23.7 Å². The van der Waals surface area contributed by atoms with Gasteiger partial charge in [-0.1, -0.05) is 18.1 Å². The fourth-order valence-corrected chi connectivity index (χ4v) is 4.96. The summed E-state index contributed by atoms with van der Waals surface area (Å²) in [5.74, 6) is 0.657. The van der Waals surface area contributed by atoms with E-state index in [2.05, 4.69) is 27.6 Å². The Bertz CT molecular complexity index is 593. The molecule has 1 aromatic rings. The number of aromatic nitrogens is 3. The molecule has 0 radical (unpaired) electrons. The van der Waals surface area contributed by atoms with Crippen molar-refractivity contribution in [2.24, 2.45) is 5.92 Å². The molecule has 0 aromatic carbocycles. The number of carbonyl (C=O) groups excluding carboxylic acids is 1. The molecule has 1 aromatic heterocycles. The molecule has 6 heteroatoms. The molecule has 2 atom stereocenters. The molecule has 2 aliphatic heterocycles. The summed E-state index contributed by atoms with van der Waals surface area (Å²) in [5, 5.41) is 11.7. The van der Waals surface area contributed by atoms with Gasteiger partial charge in [-0.05, 0) is 58.4 Å². The van der Waals surface area contributed by atoms with Crippen LogP contribution in [-0.2, 0) is 6.54 Å². The maximum Gasteiger partial charge on any atom is 0.273 e. The second-order valence-electron chi connectivity index (χ2n) is 8.05. The van der Waals surface area contributed by atoms with Crippen LogP contribution in [0, 0.1) is 12.8 Å². The lowest BCUT2D eigenvalue weighted by Gasteiger charge is -2.36. The van der Waals surface area contributed by atoms with Gasteiger partial charge in [0, 0.05) is 24.7 Å². The Balaban J connectivity index is 1.39. The summed E-state index contributed by atoms with van der Waals surface area (Å²) in [5.41, 5.74) is 1.43. The normalized spacial score (nSPS) is 30.8. The van der Waals surface area contributed by atoms with Crippen molar-refractivity contribution in [2.45, 2.75) is 83.0 Å². The molecule has 2 bridgehead atoms. The molecule has 4 rings (SSSR count). The monoisotopic (exact) mass is 331 g/mol. The molecule has 2 saturated heterocycles. The number of rotatable bonds is 4. The van der Waals surface area contributed by atoms with Gasteiger partial charge in [-0.2, -0.15) is 0 Å². The van der Waals surface area contributed by atoms with Crippen LogP contribution in [-0.4, -0.2) is 51.0 Å². The summed E-state index contributed by atoms with van der Waals surface area (Å²) in [6.07, 6.45) is 9.86. The van der Waals surface area contributed by atoms with Crippen LogP contribution in [0.5, 0.6) is 0 Å². The lowest BCUT2D eigenvalue weighted by molar-refractivity contribution is 0.0877. The van der Waals surface area contributed by atoms with Crippen molar-refractivity contribution in [1.29, 1.82) is 0 Å². The van der Waals surface area contributed by atoms with E-state index in [0.717, 1.165) is 25.1 Å². The molecular weight excluding hydrogens is 302 g/mol. The van der Waals surface area contributed by atoms with Crippen molar-refractivity contribution in [1.82, 2.24) is 25.2 Å². The number of nitrogens with one attached hydrogen (secondary N) is 1. The van der Waals surface area contributed by atoms with Gasteiger partial charge in [-0.3, -0.25) is 4.79 Å². The molecular formula is C18H29N5O. The Morgan fingerprint density at radius 1 is 1.17 bits per heavy atom. The van der Waals surface area contributed by atoms with Gasteiger partial charge in [0.05, 0.1) is 5.69 Å². The van der Waals surface area contributed by atoms with E-state index in [1.807, 2.05) is 11.6 Å². The second kappa shape index (κ2) is 6.47. The predicted octanol–water partition coefficient (Wildman–Crippen LogP) is 2.13. The van der Waals surface area contributed by atoms with Gasteiger partial charge in [0.1, 0.15) is 0 Å². The maximum absolute atomic E-state index is 12.7. The van der Waals surface area contributed by atoms with E-state index in [1.54, 1.807) is 0 Å². The Hall–Kier alpha value is -1.43. The highest BCUT2D eigenvalue weighted by Gasteiger charge is 2.39. The van der Waals surface area contributed by atoms with Crippen molar-refractivity contribution in [3.05, 3.63) is 11.4 Å². The minimum absolute atomic E-state index is 0.0425. The van der Waals surface area contributed by atoms with E-state index in [1.165, 1.54) is 38.5 Å². The highest BCUT2D eigenvalue weighted by atomic mass is 16.2. The molecule has 3 aliphatic rings. The van der Waals surface area contributed by atoms with E-state index >= 15 is 0 Å². The van der Waals surface area contributed by atoms with Crippen molar-refractivity contribution in [3.8, 4) is 0 Å². The average molecular weight is 331 g/mol. The lowest BCUT2D eigenvalue weighted by atomic mass is 9.98. The number of piperidine rings is 1. The first-order valence-corrected chi connectivity index (χ1v) is 9.54. The highest BCUT2D eigenvalue weighted by Crippen LogP contribution is 2.34. The largest absolute Gasteiger partial charge is 0.348 e. The van der Waals surface area contributed by atoms with Gasteiger partial charge in [-0.25, -0.2) is 4.68 Å². The lowest BCUT2D eigenvalue weighted by Crippen LogP contribution is -2.48. The molecule has 2 unspecified atom stereocenters. The van der Waals surface area contributed by atoms with Crippen LogP contribution in [0.3, 0.4) is 0 Å². The molecule has 3 heterocycles. The van der Waals surface area contributed by atoms with Crippen LogP contribution in [0.2, 0.25) is 0 Å². The van der Waals surface area contributed by atoms with Crippen molar-refractivity contribution in [3.63, 3.8) is 0 Å². The molecule has 0 spiro atoms. The number of hydrogen-bond acceptors (Lipinski definition) is 4. The van der Waals surface area contributed by atoms with Crippen LogP contribution < -0.4 is 5.32 Å². The minimum atomic E-state index is -0.0425. The predicted molar refractivity (Wildman–Crippen MR) is 91.8 cm³/mol. The zero-order chi connectivity index (χ0) is 16.7. The molecule has 24 heavy (non-hydrogen) atoms. The van der Waals surface area contributed by atoms with Gasteiger partial charge in [-0.15, -0.1) is 5.10 Å². The van der Waals surface area contributed by atoms with Gasteiger partial charge in [0.25, 0.3) is 5.91 Å². The number of nitrogens with zero attached hydrogens (tertiary/aromatic N) is 4. The summed E-state index contributed by atoms with van der Waals surface area (Å²) in [6, 6.07) is 1.55. The summed E-state index contributed by atoms with van der Waals surface area (Å²) in [6.45, 7) is 2.88. The first kappa shape index (κ1) is 16.1. The number of amides is 1. The van der Waals surface area contributed by atoms with Crippen molar-refractivity contribution >= 4 is 5.91 Å². The zero-order valence-electron chi connectivity index (χ0n) is 14.9. The Morgan fingerprint density at radius 2 is 1.83 bits per heavy atom.